The van der Waals surface area contributed by atoms with Gasteiger partial charge in [0, 0.05) is 37.1 Å². The van der Waals surface area contributed by atoms with E-state index in [0.29, 0.717) is 30.9 Å². The van der Waals surface area contributed by atoms with Gasteiger partial charge in [-0.25, -0.2) is 4.98 Å². The Morgan fingerprint density at radius 2 is 2.06 bits per heavy atom. The summed E-state index contributed by atoms with van der Waals surface area (Å²) in [5, 5.41) is 1.10. The second-order valence-corrected chi connectivity index (χ2v) is 8.61. The Labute approximate surface area is 193 Å². The van der Waals surface area contributed by atoms with Gasteiger partial charge in [0.2, 0.25) is 11.9 Å². The molecule has 33 heavy (non-hydrogen) atoms. The summed E-state index contributed by atoms with van der Waals surface area (Å²) < 4.78 is 7.78. The van der Waals surface area contributed by atoms with Gasteiger partial charge in [0.1, 0.15) is 5.82 Å². The van der Waals surface area contributed by atoms with Gasteiger partial charge in [-0.15, -0.1) is 0 Å². The molecule has 0 amide bonds. The van der Waals surface area contributed by atoms with Crippen molar-refractivity contribution in [2.45, 2.75) is 39.2 Å². The summed E-state index contributed by atoms with van der Waals surface area (Å²) in [6.07, 6.45) is 9.07. The molecule has 1 aliphatic carbocycles. The van der Waals surface area contributed by atoms with Crippen molar-refractivity contribution in [3.63, 3.8) is 0 Å². The van der Waals surface area contributed by atoms with Crippen LogP contribution in [0.25, 0.3) is 34.3 Å². The lowest BCUT2D eigenvalue weighted by Gasteiger charge is -2.33. The maximum atomic E-state index is 5.67. The first-order valence-corrected chi connectivity index (χ1v) is 11.7. The fourth-order valence-electron chi connectivity index (χ4n) is 4.77. The van der Waals surface area contributed by atoms with Crippen LogP contribution < -0.4 is 4.90 Å². The van der Waals surface area contributed by atoms with Crippen molar-refractivity contribution in [3.05, 3.63) is 53.8 Å². The number of hydrogen-bond donors (Lipinski definition) is 1. The monoisotopic (exact) mass is 443 g/mol. The third-order valence-corrected chi connectivity index (χ3v) is 6.47. The highest BCUT2D eigenvalue weighted by Crippen LogP contribution is 2.30. The van der Waals surface area contributed by atoms with Crippen molar-refractivity contribution in [3.8, 4) is 17.3 Å². The molecule has 1 aliphatic heterocycles. The van der Waals surface area contributed by atoms with Gasteiger partial charge >= 0.3 is 0 Å². The number of rotatable bonds is 4. The fourth-order valence-corrected chi connectivity index (χ4v) is 4.77. The number of ether oxygens (including phenoxy) is 1. The lowest BCUT2D eigenvalue weighted by Crippen LogP contribution is -2.44. The zero-order chi connectivity index (χ0) is 22.4. The molecule has 4 heterocycles. The van der Waals surface area contributed by atoms with Gasteiger partial charge < -0.3 is 14.6 Å². The van der Waals surface area contributed by atoms with Crippen molar-refractivity contribution in [2.24, 2.45) is 0 Å². The van der Waals surface area contributed by atoms with Gasteiger partial charge in [-0.1, -0.05) is 25.1 Å². The minimum Gasteiger partial charge on any atom is -0.377 e. The Kier molecular flexibility index (Phi) is 4.95. The Morgan fingerprint density at radius 3 is 2.94 bits per heavy atom. The molecule has 0 bridgehead atoms. The Hall–Kier alpha value is -3.52. The van der Waals surface area contributed by atoms with E-state index in [1.54, 1.807) is 0 Å². The second-order valence-electron chi connectivity index (χ2n) is 8.61. The van der Waals surface area contributed by atoms with Crippen LogP contribution in [0, 0.1) is 0 Å². The number of aromatic nitrogens is 6. The molecule has 2 aliphatic rings. The number of morpholine rings is 1. The second kappa shape index (κ2) is 8.12. The molecule has 1 saturated heterocycles. The Bertz CT molecular complexity index is 1360. The molecule has 1 N–H and O–H groups in total. The number of aryl methyl sites for hydroxylation is 2. The molecule has 0 radical (unpaired) electrons. The number of anilines is 1. The largest absolute Gasteiger partial charge is 0.377 e. The summed E-state index contributed by atoms with van der Waals surface area (Å²) in [4.78, 5) is 25.4. The smallest absolute Gasteiger partial charge is 0.241 e. The standard InChI is InChI=1S/C25H27N7O.H2/c1-3-22-27-20-8-4-5-10-21(20)32(22)25-29-23(18-7-6-9-19-17(18)11-12-26-19)28-24(30-25)31-13-14-33-15-16(31)2;/h5-7,9-12,16,26H,3-4,8,13-15H2,1-2H3;1H. The number of aromatic amines is 1. The van der Waals surface area contributed by atoms with Crippen molar-refractivity contribution in [2.75, 3.05) is 24.7 Å². The predicted molar refractivity (Wildman–Crippen MR) is 131 cm³/mol. The van der Waals surface area contributed by atoms with Gasteiger partial charge in [0.15, 0.2) is 5.82 Å². The highest BCUT2D eigenvalue weighted by atomic mass is 16.5. The molecule has 6 rings (SSSR count). The minimum absolute atomic E-state index is 0. The normalized spacial score (nSPS) is 18.1. The summed E-state index contributed by atoms with van der Waals surface area (Å²) in [7, 11) is 0. The first-order valence-electron chi connectivity index (χ1n) is 11.7. The first-order chi connectivity index (χ1) is 16.2. The van der Waals surface area contributed by atoms with E-state index in [1.807, 2.05) is 12.3 Å². The molecule has 0 spiro atoms. The molecular weight excluding hydrogens is 414 g/mol. The predicted octanol–water partition coefficient (Wildman–Crippen LogP) is 4.20. The van der Waals surface area contributed by atoms with E-state index in [0.717, 1.165) is 59.5 Å². The number of nitrogens with one attached hydrogen (secondary N) is 1. The maximum absolute atomic E-state index is 5.67. The zero-order valence-electron chi connectivity index (χ0n) is 19.0. The van der Waals surface area contributed by atoms with Crippen molar-refractivity contribution < 1.29 is 6.16 Å². The quantitative estimate of drug-likeness (QED) is 0.509. The molecule has 170 valence electrons. The molecule has 1 atom stereocenters. The van der Waals surface area contributed by atoms with Gasteiger partial charge in [0.05, 0.1) is 30.6 Å². The van der Waals surface area contributed by atoms with E-state index < -0.39 is 0 Å². The zero-order valence-corrected chi connectivity index (χ0v) is 19.0. The number of benzene rings is 1. The Morgan fingerprint density at radius 1 is 1.15 bits per heavy atom. The van der Waals surface area contributed by atoms with Crippen LogP contribution in [-0.4, -0.2) is 55.3 Å². The Balaban J connectivity index is 0.00000241. The van der Waals surface area contributed by atoms with Gasteiger partial charge in [-0.3, -0.25) is 4.57 Å². The minimum atomic E-state index is 0. The lowest BCUT2D eigenvalue weighted by molar-refractivity contribution is 0.0980. The summed E-state index contributed by atoms with van der Waals surface area (Å²) in [6, 6.07) is 8.44. The van der Waals surface area contributed by atoms with E-state index in [1.165, 1.54) is 0 Å². The summed E-state index contributed by atoms with van der Waals surface area (Å²) in [5.74, 6) is 2.95. The topological polar surface area (TPSA) is 84.8 Å². The van der Waals surface area contributed by atoms with E-state index in [2.05, 4.69) is 58.6 Å². The van der Waals surface area contributed by atoms with Crippen molar-refractivity contribution >= 4 is 22.9 Å². The highest BCUT2D eigenvalue weighted by Gasteiger charge is 2.26. The first kappa shape index (κ1) is 20.1. The number of fused-ring (bicyclic) bond motifs is 2. The summed E-state index contributed by atoms with van der Waals surface area (Å²) in [6.45, 7) is 6.35. The average Bonchev–Trinajstić information content (AvgIpc) is 3.48. The van der Waals surface area contributed by atoms with Crippen LogP contribution in [0.1, 0.15) is 38.9 Å². The molecule has 1 unspecified atom stereocenters. The number of hydrogen-bond acceptors (Lipinski definition) is 6. The molecule has 3 aromatic heterocycles. The van der Waals surface area contributed by atoms with Crippen molar-refractivity contribution in [1.29, 1.82) is 0 Å². The van der Waals surface area contributed by atoms with E-state index in [9.17, 15) is 0 Å². The molecule has 0 saturated carbocycles. The third kappa shape index (κ3) is 3.41. The van der Waals surface area contributed by atoms with E-state index in [4.69, 9.17) is 24.7 Å². The molecule has 1 aromatic carbocycles. The van der Waals surface area contributed by atoms with Gasteiger partial charge in [0.25, 0.3) is 0 Å². The SMILES string of the molecule is CCc1nc2c(n1-c1nc(-c3cccc4[nH]ccc34)nc(N3CCOCC3C)n1)C=CCC2.[HH]. The summed E-state index contributed by atoms with van der Waals surface area (Å²) >= 11 is 0. The lowest BCUT2D eigenvalue weighted by atomic mass is 10.1. The molecule has 1 fully saturated rings. The number of allylic oxidation sites excluding steroid dienone is 1. The molecular formula is C25H29N7O. The summed E-state index contributed by atoms with van der Waals surface area (Å²) in [5.41, 5.74) is 4.25. The van der Waals surface area contributed by atoms with E-state index >= 15 is 0 Å². The number of nitrogens with zero attached hydrogens (tertiary/aromatic N) is 6. The fraction of sp³-hybridized carbons (Fsp3) is 0.360. The van der Waals surface area contributed by atoms with Crippen LogP contribution in [-0.2, 0) is 17.6 Å². The highest BCUT2D eigenvalue weighted by molar-refractivity contribution is 5.93. The maximum Gasteiger partial charge on any atom is 0.241 e. The van der Waals surface area contributed by atoms with Crippen LogP contribution in [0.3, 0.4) is 0 Å². The number of H-pyrrole nitrogens is 1. The van der Waals surface area contributed by atoms with Crippen molar-refractivity contribution in [1.82, 2.24) is 29.5 Å². The van der Waals surface area contributed by atoms with Crippen LogP contribution in [0.15, 0.2) is 36.5 Å². The van der Waals surface area contributed by atoms with E-state index in [-0.39, 0.29) is 7.47 Å². The number of imidazole rings is 1. The third-order valence-electron chi connectivity index (χ3n) is 6.47. The molecule has 8 nitrogen and oxygen atoms in total. The van der Waals surface area contributed by atoms with Crippen LogP contribution in [0.5, 0.6) is 0 Å². The van der Waals surface area contributed by atoms with Gasteiger partial charge in [-0.2, -0.15) is 15.0 Å². The van der Waals surface area contributed by atoms with Crippen LogP contribution in [0.4, 0.5) is 5.95 Å². The van der Waals surface area contributed by atoms with Crippen LogP contribution in [0.2, 0.25) is 0 Å². The van der Waals surface area contributed by atoms with Gasteiger partial charge in [-0.05, 0) is 38.0 Å². The van der Waals surface area contributed by atoms with Crippen LogP contribution >= 0.6 is 0 Å². The average molecular weight is 444 g/mol. The molecule has 8 heteroatoms. The molecule has 4 aromatic rings.